The Bertz CT molecular complexity index is 354. The number of Topliss-reactive ketones (excluding diaryl/α,β-unsaturated/α-hetero) is 1. The fourth-order valence-corrected chi connectivity index (χ4v) is 1.70. The van der Waals surface area contributed by atoms with Crippen LogP contribution in [0, 0.1) is 18.7 Å². The first-order chi connectivity index (χ1) is 7.10. The molecule has 0 atom stereocenters. The molecule has 0 unspecified atom stereocenters. The van der Waals surface area contributed by atoms with E-state index in [9.17, 15) is 9.18 Å². The molecule has 0 saturated carbocycles. The minimum absolute atomic E-state index is 0.0535. The van der Waals surface area contributed by atoms with Crippen LogP contribution in [-0.2, 0) is 0 Å². The van der Waals surface area contributed by atoms with E-state index in [-0.39, 0.29) is 17.3 Å². The fourth-order valence-electron chi connectivity index (χ4n) is 1.70. The van der Waals surface area contributed by atoms with E-state index < -0.39 is 5.82 Å². The molecule has 0 N–H and O–H groups in total. The highest BCUT2D eigenvalue weighted by molar-refractivity contribution is 5.98. The van der Waals surface area contributed by atoms with E-state index in [1.54, 1.807) is 12.1 Å². The second kappa shape index (κ2) is 5.06. The highest BCUT2D eigenvalue weighted by Gasteiger charge is 2.19. The van der Waals surface area contributed by atoms with Crippen LogP contribution in [-0.4, -0.2) is 5.78 Å². The standard InChI is InChI=1S/C13H17FO/c1-4-10(5-2)13(15)11-7-6-9(3)8-12(11)14/h6-8,10H,4-5H2,1-3H3. The second-order valence-corrected chi connectivity index (χ2v) is 3.86. The summed E-state index contributed by atoms with van der Waals surface area (Å²) in [7, 11) is 0. The number of benzene rings is 1. The molecule has 0 fully saturated rings. The lowest BCUT2D eigenvalue weighted by molar-refractivity contribution is 0.0909. The smallest absolute Gasteiger partial charge is 0.168 e. The molecule has 2 heteroatoms. The second-order valence-electron chi connectivity index (χ2n) is 3.86. The molecule has 0 bridgehead atoms. The average Bonchev–Trinajstić information content (AvgIpc) is 2.19. The van der Waals surface area contributed by atoms with E-state index >= 15 is 0 Å². The van der Waals surface area contributed by atoms with Gasteiger partial charge in [0.25, 0.3) is 0 Å². The van der Waals surface area contributed by atoms with Crippen molar-refractivity contribution in [3.63, 3.8) is 0 Å². The lowest BCUT2D eigenvalue weighted by Gasteiger charge is -2.11. The normalized spacial score (nSPS) is 10.7. The number of aryl methyl sites for hydroxylation is 1. The number of hydrogen-bond donors (Lipinski definition) is 0. The van der Waals surface area contributed by atoms with Crippen LogP contribution in [0.2, 0.25) is 0 Å². The molecule has 0 saturated heterocycles. The van der Waals surface area contributed by atoms with Crippen molar-refractivity contribution in [1.29, 1.82) is 0 Å². The lowest BCUT2D eigenvalue weighted by atomic mass is 9.92. The van der Waals surface area contributed by atoms with Crippen molar-refractivity contribution in [2.24, 2.45) is 5.92 Å². The van der Waals surface area contributed by atoms with Crippen LogP contribution in [0.3, 0.4) is 0 Å². The number of ketones is 1. The molecule has 1 aromatic rings. The molecule has 1 nitrogen and oxygen atoms in total. The highest BCUT2D eigenvalue weighted by Crippen LogP contribution is 2.18. The number of carbonyl (C=O) groups is 1. The van der Waals surface area contributed by atoms with Crippen molar-refractivity contribution >= 4 is 5.78 Å². The quantitative estimate of drug-likeness (QED) is 0.689. The van der Waals surface area contributed by atoms with E-state index in [1.165, 1.54) is 6.07 Å². The largest absolute Gasteiger partial charge is 0.294 e. The van der Waals surface area contributed by atoms with Crippen LogP contribution in [0.25, 0.3) is 0 Å². The van der Waals surface area contributed by atoms with Gasteiger partial charge in [-0.25, -0.2) is 4.39 Å². The summed E-state index contributed by atoms with van der Waals surface area (Å²) in [5.41, 5.74) is 1.07. The van der Waals surface area contributed by atoms with E-state index in [4.69, 9.17) is 0 Å². The van der Waals surface area contributed by atoms with Crippen molar-refractivity contribution in [3.05, 3.63) is 35.1 Å². The van der Waals surface area contributed by atoms with Gasteiger partial charge in [-0.2, -0.15) is 0 Å². The first kappa shape index (κ1) is 11.9. The molecule has 0 heterocycles. The van der Waals surface area contributed by atoms with Crippen molar-refractivity contribution in [1.82, 2.24) is 0 Å². The van der Waals surface area contributed by atoms with Gasteiger partial charge in [-0.1, -0.05) is 19.9 Å². The Morgan fingerprint density at radius 2 is 1.93 bits per heavy atom. The minimum atomic E-state index is -0.396. The van der Waals surface area contributed by atoms with Gasteiger partial charge >= 0.3 is 0 Å². The maximum absolute atomic E-state index is 13.5. The van der Waals surface area contributed by atoms with Crippen LogP contribution >= 0.6 is 0 Å². The van der Waals surface area contributed by atoms with E-state index in [2.05, 4.69) is 0 Å². The molecule has 0 aliphatic carbocycles. The molecule has 0 spiro atoms. The van der Waals surface area contributed by atoms with Gasteiger partial charge in [-0.3, -0.25) is 4.79 Å². The highest BCUT2D eigenvalue weighted by atomic mass is 19.1. The molecule has 0 aliphatic rings. The van der Waals surface area contributed by atoms with Gasteiger partial charge in [0.2, 0.25) is 0 Å². The number of halogens is 1. The maximum atomic E-state index is 13.5. The van der Waals surface area contributed by atoms with Gasteiger partial charge in [0.05, 0.1) is 5.56 Å². The first-order valence-corrected chi connectivity index (χ1v) is 5.40. The van der Waals surface area contributed by atoms with E-state index in [0.29, 0.717) is 0 Å². The molecular weight excluding hydrogens is 191 g/mol. The summed E-state index contributed by atoms with van der Waals surface area (Å²) < 4.78 is 13.5. The Morgan fingerprint density at radius 1 is 1.33 bits per heavy atom. The Hall–Kier alpha value is -1.18. The zero-order chi connectivity index (χ0) is 11.4. The van der Waals surface area contributed by atoms with Crippen LogP contribution in [0.15, 0.2) is 18.2 Å². The average molecular weight is 208 g/mol. The van der Waals surface area contributed by atoms with Crippen molar-refractivity contribution in [2.75, 3.05) is 0 Å². The summed E-state index contributed by atoms with van der Waals surface area (Å²) in [5.74, 6) is -0.522. The summed E-state index contributed by atoms with van der Waals surface area (Å²) in [6, 6.07) is 4.78. The van der Waals surface area contributed by atoms with Crippen molar-refractivity contribution in [2.45, 2.75) is 33.6 Å². The number of hydrogen-bond acceptors (Lipinski definition) is 1. The molecule has 1 rings (SSSR count). The Labute approximate surface area is 90.3 Å². The van der Waals surface area contributed by atoms with Crippen LogP contribution < -0.4 is 0 Å². The van der Waals surface area contributed by atoms with Gasteiger partial charge in [0, 0.05) is 5.92 Å². The topological polar surface area (TPSA) is 17.1 Å². The van der Waals surface area contributed by atoms with Crippen molar-refractivity contribution in [3.8, 4) is 0 Å². The van der Waals surface area contributed by atoms with Crippen LogP contribution in [0.4, 0.5) is 4.39 Å². The van der Waals surface area contributed by atoms with Gasteiger partial charge in [0.1, 0.15) is 5.82 Å². The van der Waals surface area contributed by atoms with Crippen molar-refractivity contribution < 1.29 is 9.18 Å². The van der Waals surface area contributed by atoms with Gasteiger partial charge < -0.3 is 0 Å². The molecule has 82 valence electrons. The third kappa shape index (κ3) is 2.65. The van der Waals surface area contributed by atoms with E-state index in [1.807, 2.05) is 20.8 Å². The third-order valence-electron chi connectivity index (χ3n) is 2.75. The molecular formula is C13H17FO. The fraction of sp³-hybridized carbons (Fsp3) is 0.462. The summed E-state index contributed by atoms with van der Waals surface area (Å²) >= 11 is 0. The Morgan fingerprint density at radius 3 is 2.40 bits per heavy atom. The number of rotatable bonds is 4. The van der Waals surface area contributed by atoms with Gasteiger partial charge in [0.15, 0.2) is 5.78 Å². The predicted octanol–water partition coefficient (Wildman–Crippen LogP) is 3.75. The Kier molecular flexibility index (Phi) is 4.01. The lowest BCUT2D eigenvalue weighted by Crippen LogP contribution is -2.14. The molecule has 0 radical (unpaired) electrons. The third-order valence-corrected chi connectivity index (χ3v) is 2.75. The molecule has 1 aromatic carbocycles. The minimum Gasteiger partial charge on any atom is -0.294 e. The van der Waals surface area contributed by atoms with Crippen LogP contribution in [0.5, 0.6) is 0 Å². The number of carbonyl (C=O) groups excluding carboxylic acids is 1. The first-order valence-electron chi connectivity index (χ1n) is 5.40. The van der Waals surface area contributed by atoms with Gasteiger partial charge in [-0.05, 0) is 37.5 Å². The zero-order valence-corrected chi connectivity index (χ0v) is 9.51. The predicted molar refractivity (Wildman–Crippen MR) is 59.5 cm³/mol. The molecule has 0 aromatic heterocycles. The molecule has 0 amide bonds. The van der Waals surface area contributed by atoms with E-state index in [0.717, 1.165) is 18.4 Å². The SMILES string of the molecule is CCC(CC)C(=O)c1ccc(C)cc1F. The zero-order valence-electron chi connectivity index (χ0n) is 9.51. The van der Waals surface area contributed by atoms with Crippen LogP contribution in [0.1, 0.15) is 42.6 Å². The summed E-state index contributed by atoms with van der Waals surface area (Å²) in [5, 5.41) is 0. The monoisotopic (exact) mass is 208 g/mol. The van der Waals surface area contributed by atoms with Gasteiger partial charge in [-0.15, -0.1) is 0 Å². The Balaban J connectivity index is 3.00. The summed E-state index contributed by atoms with van der Waals surface area (Å²) in [6.07, 6.45) is 1.53. The summed E-state index contributed by atoms with van der Waals surface area (Å²) in [6.45, 7) is 5.73. The maximum Gasteiger partial charge on any atom is 0.168 e. The molecule has 15 heavy (non-hydrogen) atoms. The molecule has 0 aliphatic heterocycles. The summed E-state index contributed by atoms with van der Waals surface area (Å²) in [4.78, 5) is 11.9.